The van der Waals surface area contributed by atoms with E-state index < -0.39 is 0 Å². The summed E-state index contributed by atoms with van der Waals surface area (Å²) in [5.41, 5.74) is 0. The molecule has 4 unspecified atom stereocenters. The molecule has 1 nitrogen and oxygen atoms in total. The second-order valence-corrected chi connectivity index (χ2v) is 5.04. The maximum absolute atomic E-state index is 3.77. The molecule has 1 heteroatoms. The van der Waals surface area contributed by atoms with E-state index in [2.05, 4.69) is 5.32 Å². The summed E-state index contributed by atoms with van der Waals surface area (Å²) in [4.78, 5) is 0. The number of nitrogens with one attached hydrogen (secondary N) is 1. The molecule has 0 radical (unpaired) electrons. The first-order chi connectivity index (χ1) is 5.93. The van der Waals surface area contributed by atoms with Crippen molar-refractivity contribution < 1.29 is 0 Å². The fraction of sp³-hybridized carbons (Fsp3) is 1.00. The van der Waals surface area contributed by atoms with Gasteiger partial charge in [0.05, 0.1) is 0 Å². The molecule has 4 bridgehead atoms. The molecule has 3 rings (SSSR count). The Kier molecular flexibility index (Phi) is 1.68. The Morgan fingerprint density at radius 3 is 2.75 bits per heavy atom. The first-order valence-electron chi connectivity index (χ1n) is 5.67. The van der Waals surface area contributed by atoms with Crippen LogP contribution in [0.3, 0.4) is 0 Å². The van der Waals surface area contributed by atoms with Gasteiger partial charge in [0.25, 0.3) is 0 Å². The van der Waals surface area contributed by atoms with Crippen LogP contribution >= 0.6 is 0 Å². The summed E-state index contributed by atoms with van der Waals surface area (Å²) in [5.74, 6) is 3.20. The lowest BCUT2D eigenvalue weighted by Crippen LogP contribution is -2.34. The number of hydrogen-bond acceptors (Lipinski definition) is 1. The Hall–Kier alpha value is -0.0400. The van der Waals surface area contributed by atoms with E-state index in [1.807, 2.05) is 0 Å². The molecule has 1 N–H and O–H groups in total. The zero-order chi connectivity index (χ0) is 7.97. The highest BCUT2D eigenvalue weighted by Crippen LogP contribution is 2.44. The summed E-state index contributed by atoms with van der Waals surface area (Å²) < 4.78 is 0. The predicted octanol–water partition coefficient (Wildman–Crippen LogP) is 2.17. The fourth-order valence-corrected chi connectivity index (χ4v) is 3.76. The molecule has 2 heterocycles. The average molecular weight is 165 g/mol. The molecular formula is C11H19N. The van der Waals surface area contributed by atoms with E-state index in [-0.39, 0.29) is 0 Å². The highest BCUT2D eigenvalue weighted by Gasteiger charge is 2.39. The minimum Gasteiger partial charge on any atom is -0.313 e. The quantitative estimate of drug-likeness (QED) is 0.580. The number of fused-ring (bicyclic) bond motifs is 7. The zero-order valence-corrected chi connectivity index (χ0v) is 7.76. The van der Waals surface area contributed by atoms with E-state index >= 15 is 0 Å². The lowest BCUT2D eigenvalue weighted by molar-refractivity contribution is 0.316. The summed E-state index contributed by atoms with van der Waals surface area (Å²) in [6.07, 6.45) is 9.11. The Morgan fingerprint density at radius 2 is 1.75 bits per heavy atom. The maximum atomic E-state index is 3.77. The van der Waals surface area contributed by atoms with Gasteiger partial charge in [0, 0.05) is 6.04 Å². The smallest absolute Gasteiger partial charge is 0.00955 e. The van der Waals surface area contributed by atoms with Gasteiger partial charge in [-0.05, 0) is 56.4 Å². The number of hydrogen-bond donors (Lipinski definition) is 1. The molecule has 1 saturated carbocycles. The van der Waals surface area contributed by atoms with Crippen LogP contribution in [0.4, 0.5) is 0 Å². The predicted molar refractivity (Wildman–Crippen MR) is 50.0 cm³/mol. The molecule has 3 fully saturated rings. The van der Waals surface area contributed by atoms with Crippen LogP contribution < -0.4 is 5.32 Å². The summed E-state index contributed by atoms with van der Waals surface area (Å²) >= 11 is 0. The Bertz CT molecular complexity index is 160. The van der Waals surface area contributed by atoms with Gasteiger partial charge in [-0.2, -0.15) is 0 Å². The van der Waals surface area contributed by atoms with Gasteiger partial charge in [-0.25, -0.2) is 0 Å². The van der Waals surface area contributed by atoms with Crippen molar-refractivity contribution in [3.63, 3.8) is 0 Å². The van der Waals surface area contributed by atoms with Crippen LogP contribution in [0.2, 0.25) is 0 Å². The van der Waals surface area contributed by atoms with Gasteiger partial charge in [-0.15, -0.1) is 0 Å². The van der Waals surface area contributed by atoms with Crippen LogP contribution in [-0.4, -0.2) is 12.6 Å². The SMILES string of the molecule is C1CC2CNC(C1)C1CCC2C1. The van der Waals surface area contributed by atoms with Gasteiger partial charge in [0.2, 0.25) is 0 Å². The van der Waals surface area contributed by atoms with Crippen molar-refractivity contribution in [2.75, 3.05) is 6.54 Å². The lowest BCUT2D eigenvalue weighted by atomic mass is 9.84. The van der Waals surface area contributed by atoms with Gasteiger partial charge >= 0.3 is 0 Å². The van der Waals surface area contributed by atoms with E-state index in [4.69, 9.17) is 0 Å². The third-order valence-corrected chi connectivity index (χ3v) is 4.48. The third kappa shape index (κ3) is 1.02. The second kappa shape index (κ2) is 2.73. The molecule has 2 saturated heterocycles. The normalized spacial score (nSPS) is 52.0. The van der Waals surface area contributed by atoms with Crippen molar-refractivity contribution in [1.29, 1.82) is 0 Å². The lowest BCUT2D eigenvalue weighted by Gasteiger charge is -2.21. The molecule has 0 aromatic heterocycles. The molecule has 1 aliphatic carbocycles. The monoisotopic (exact) mass is 165 g/mol. The van der Waals surface area contributed by atoms with Crippen molar-refractivity contribution in [1.82, 2.24) is 5.32 Å². The van der Waals surface area contributed by atoms with Gasteiger partial charge < -0.3 is 5.32 Å². The summed E-state index contributed by atoms with van der Waals surface area (Å²) in [5, 5.41) is 3.77. The van der Waals surface area contributed by atoms with Crippen molar-refractivity contribution in [3.8, 4) is 0 Å². The molecule has 2 aliphatic heterocycles. The molecule has 4 atom stereocenters. The van der Waals surface area contributed by atoms with E-state index in [1.165, 1.54) is 32.2 Å². The van der Waals surface area contributed by atoms with Crippen LogP contribution in [0.15, 0.2) is 0 Å². The molecule has 0 aromatic rings. The van der Waals surface area contributed by atoms with Gasteiger partial charge in [0.15, 0.2) is 0 Å². The molecule has 12 heavy (non-hydrogen) atoms. The summed E-state index contributed by atoms with van der Waals surface area (Å²) in [7, 11) is 0. The average Bonchev–Trinajstić information content (AvgIpc) is 2.35. The van der Waals surface area contributed by atoms with Crippen molar-refractivity contribution in [3.05, 3.63) is 0 Å². The first kappa shape index (κ1) is 7.37. The molecule has 0 amide bonds. The molecule has 68 valence electrons. The van der Waals surface area contributed by atoms with Crippen molar-refractivity contribution in [2.24, 2.45) is 17.8 Å². The standard InChI is InChI=1S/C11H19N/c1-2-10-7-12-11(3-1)9-5-4-8(10)6-9/h8-12H,1-7H2. The van der Waals surface area contributed by atoms with E-state index in [0.29, 0.717) is 0 Å². The molecule has 3 aliphatic rings. The van der Waals surface area contributed by atoms with Crippen molar-refractivity contribution >= 4 is 0 Å². The van der Waals surface area contributed by atoms with Gasteiger partial charge in [0.1, 0.15) is 0 Å². The van der Waals surface area contributed by atoms with Crippen LogP contribution in [0.25, 0.3) is 0 Å². The fourth-order valence-electron chi connectivity index (χ4n) is 3.76. The van der Waals surface area contributed by atoms with Crippen molar-refractivity contribution in [2.45, 2.75) is 44.6 Å². The van der Waals surface area contributed by atoms with E-state index in [9.17, 15) is 0 Å². The van der Waals surface area contributed by atoms with Crippen LogP contribution in [0.5, 0.6) is 0 Å². The first-order valence-corrected chi connectivity index (χ1v) is 5.67. The Labute approximate surface area is 74.9 Å². The van der Waals surface area contributed by atoms with Gasteiger partial charge in [-0.3, -0.25) is 0 Å². The summed E-state index contributed by atoms with van der Waals surface area (Å²) in [6.45, 7) is 1.34. The minimum atomic E-state index is 0.905. The van der Waals surface area contributed by atoms with Crippen LogP contribution in [0.1, 0.15) is 38.5 Å². The Balaban J connectivity index is 1.89. The molecular weight excluding hydrogens is 146 g/mol. The minimum absolute atomic E-state index is 0.905. The molecule has 0 aromatic carbocycles. The van der Waals surface area contributed by atoms with Crippen LogP contribution in [0, 0.1) is 17.8 Å². The van der Waals surface area contributed by atoms with E-state index in [0.717, 1.165) is 23.8 Å². The topological polar surface area (TPSA) is 12.0 Å². The van der Waals surface area contributed by atoms with E-state index in [1.54, 1.807) is 12.8 Å². The molecule has 0 spiro atoms. The highest BCUT2D eigenvalue weighted by molar-refractivity contribution is 4.94. The Morgan fingerprint density at radius 1 is 0.833 bits per heavy atom. The maximum Gasteiger partial charge on any atom is 0.00955 e. The van der Waals surface area contributed by atoms with Gasteiger partial charge in [-0.1, -0.05) is 6.42 Å². The zero-order valence-electron chi connectivity index (χ0n) is 7.76. The highest BCUT2D eigenvalue weighted by atomic mass is 14.9. The largest absolute Gasteiger partial charge is 0.313 e. The third-order valence-electron chi connectivity index (χ3n) is 4.48. The van der Waals surface area contributed by atoms with Crippen LogP contribution in [-0.2, 0) is 0 Å². The second-order valence-electron chi connectivity index (χ2n) is 5.04. The number of rotatable bonds is 0. The summed E-state index contributed by atoms with van der Waals surface area (Å²) in [6, 6.07) is 0.905.